The van der Waals surface area contributed by atoms with Gasteiger partial charge in [0.2, 0.25) is 17.7 Å². The van der Waals surface area contributed by atoms with Gasteiger partial charge < -0.3 is 5.32 Å². The molecule has 0 saturated carbocycles. The molecule has 0 bridgehead atoms. The Balaban J connectivity index is 1.86. The number of carbonyl (C=O) groups excluding carboxylic acids is 3. The van der Waals surface area contributed by atoms with E-state index in [1.165, 1.54) is 4.90 Å². The Morgan fingerprint density at radius 1 is 1.26 bits per heavy atom. The van der Waals surface area contributed by atoms with Gasteiger partial charge in [0.1, 0.15) is 0 Å². The summed E-state index contributed by atoms with van der Waals surface area (Å²) < 4.78 is 0. The molecule has 1 fully saturated rings. The van der Waals surface area contributed by atoms with Gasteiger partial charge in [-0.25, -0.2) is 0 Å². The topological polar surface area (TPSA) is 66.5 Å². The van der Waals surface area contributed by atoms with Gasteiger partial charge in [0.15, 0.2) is 0 Å². The van der Waals surface area contributed by atoms with Crippen LogP contribution in [0.25, 0.3) is 0 Å². The lowest BCUT2D eigenvalue weighted by Gasteiger charge is -2.14. The maximum atomic E-state index is 12.1. The average molecular weight is 264 g/mol. The quantitative estimate of drug-likeness (QED) is 0.591. The summed E-state index contributed by atoms with van der Waals surface area (Å²) in [5, 5.41) is 2.71. The van der Waals surface area contributed by atoms with Crippen LogP contribution in [0.3, 0.4) is 0 Å². The molecule has 0 unspecified atom stereocenters. The van der Waals surface area contributed by atoms with Gasteiger partial charge in [-0.3, -0.25) is 19.3 Å². The first-order chi connectivity index (χ1) is 9.15. The van der Waals surface area contributed by atoms with Crippen molar-refractivity contribution in [2.45, 2.75) is 32.6 Å². The number of likely N-dealkylation sites (tertiary alicyclic amines) is 1. The zero-order valence-corrected chi connectivity index (χ0v) is 11.2. The van der Waals surface area contributed by atoms with E-state index in [0.717, 1.165) is 0 Å². The molecule has 5 nitrogen and oxygen atoms in total. The van der Waals surface area contributed by atoms with Crippen molar-refractivity contribution in [3.63, 3.8) is 0 Å². The van der Waals surface area contributed by atoms with Crippen LogP contribution in [0.1, 0.15) is 32.6 Å². The lowest BCUT2D eigenvalue weighted by Crippen LogP contribution is -2.33. The van der Waals surface area contributed by atoms with Crippen LogP contribution in [-0.4, -0.2) is 35.7 Å². The molecule has 2 rings (SSSR count). The molecule has 1 N–H and O–H groups in total. The predicted octanol–water partition coefficient (Wildman–Crippen LogP) is 0.854. The summed E-state index contributed by atoms with van der Waals surface area (Å²) in [7, 11) is 0. The van der Waals surface area contributed by atoms with E-state index < -0.39 is 0 Å². The molecular weight excluding hydrogens is 244 g/mol. The fraction of sp³-hybridized carbons (Fsp3) is 0.643. The summed E-state index contributed by atoms with van der Waals surface area (Å²) in [6, 6.07) is 0. The highest BCUT2D eigenvalue weighted by atomic mass is 16.2. The number of rotatable bonds is 5. The van der Waals surface area contributed by atoms with Crippen molar-refractivity contribution >= 4 is 17.7 Å². The number of hydrogen-bond acceptors (Lipinski definition) is 3. The molecule has 1 aliphatic heterocycles. The van der Waals surface area contributed by atoms with Crippen molar-refractivity contribution < 1.29 is 14.4 Å². The van der Waals surface area contributed by atoms with E-state index in [0.29, 0.717) is 38.8 Å². The van der Waals surface area contributed by atoms with Gasteiger partial charge in [-0.15, -0.1) is 0 Å². The van der Waals surface area contributed by atoms with Crippen molar-refractivity contribution in [1.29, 1.82) is 0 Å². The molecular formula is C14H20N2O3. The lowest BCUT2D eigenvalue weighted by molar-refractivity contribution is -0.140. The van der Waals surface area contributed by atoms with Crippen LogP contribution in [0.15, 0.2) is 12.2 Å². The highest BCUT2D eigenvalue weighted by molar-refractivity contribution is 6.05. The molecule has 3 amide bonds. The summed E-state index contributed by atoms with van der Waals surface area (Å²) in [5.74, 6) is -0.477. The van der Waals surface area contributed by atoms with Crippen LogP contribution < -0.4 is 5.32 Å². The summed E-state index contributed by atoms with van der Waals surface area (Å²) in [6.45, 7) is 2.83. The van der Waals surface area contributed by atoms with Crippen LogP contribution in [0.2, 0.25) is 0 Å². The smallest absolute Gasteiger partial charge is 0.233 e. The largest absolute Gasteiger partial charge is 0.356 e. The fourth-order valence-electron chi connectivity index (χ4n) is 2.77. The Kier molecular flexibility index (Phi) is 4.35. The van der Waals surface area contributed by atoms with E-state index in [-0.39, 0.29) is 29.6 Å². The lowest BCUT2D eigenvalue weighted by atomic mass is 9.85. The van der Waals surface area contributed by atoms with Crippen molar-refractivity contribution in [2.24, 2.45) is 11.8 Å². The average Bonchev–Trinajstić information content (AvgIpc) is 2.65. The molecule has 1 aliphatic carbocycles. The van der Waals surface area contributed by atoms with Gasteiger partial charge in [0.05, 0.1) is 11.8 Å². The molecule has 0 spiro atoms. The Hall–Kier alpha value is -1.65. The Bertz CT molecular complexity index is 391. The van der Waals surface area contributed by atoms with Crippen molar-refractivity contribution in [3.8, 4) is 0 Å². The van der Waals surface area contributed by atoms with Gasteiger partial charge in [0, 0.05) is 19.5 Å². The van der Waals surface area contributed by atoms with Gasteiger partial charge in [-0.2, -0.15) is 0 Å². The first-order valence-corrected chi connectivity index (χ1v) is 6.92. The van der Waals surface area contributed by atoms with E-state index in [1.54, 1.807) is 0 Å². The maximum Gasteiger partial charge on any atom is 0.233 e. The molecule has 0 aromatic rings. The number of carbonyl (C=O) groups is 3. The zero-order chi connectivity index (χ0) is 13.8. The summed E-state index contributed by atoms with van der Waals surface area (Å²) in [5.41, 5.74) is 0. The van der Waals surface area contributed by atoms with Gasteiger partial charge in [0.25, 0.3) is 0 Å². The summed E-state index contributed by atoms with van der Waals surface area (Å²) in [4.78, 5) is 36.9. The van der Waals surface area contributed by atoms with Crippen LogP contribution in [-0.2, 0) is 14.4 Å². The van der Waals surface area contributed by atoms with E-state index in [9.17, 15) is 14.4 Å². The van der Waals surface area contributed by atoms with Crippen molar-refractivity contribution in [2.75, 3.05) is 13.1 Å². The predicted molar refractivity (Wildman–Crippen MR) is 70.0 cm³/mol. The molecule has 1 heterocycles. The van der Waals surface area contributed by atoms with Crippen LogP contribution in [0, 0.1) is 11.8 Å². The van der Waals surface area contributed by atoms with Gasteiger partial charge in [-0.05, 0) is 26.2 Å². The molecule has 2 aliphatic rings. The van der Waals surface area contributed by atoms with E-state index >= 15 is 0 Å². The second kappa shape index (κ2) is 5.99. The van der Waals surface area contributed by atoms with Crippen LogP contribution in [0.4, 0.5) is 0 Å². The first kappa shape index (κ1) is 13.8. The molecule has 2 atom stereocenters. The second-order valence-corrected chi connectivity index (χ2v) is 5.04. The standard InChI is InChI=1S/C14H20N2O3/c1-2-15-12(17)8-5-9-16-13(18)10-6-3-4-7-11(10)14(16)19/h3-4,10-11H,2,5-9H2,1H3,(H,15,17)/t10-,11-/m1/s1. The van der Waals surface area contributed by atoms with E-state index in [1.807, 2.05) is 19.1 Å². The third-order valence-electron chi connectivity index (χ3n) is 3.76. The zero-order valence-electron chi connectivity index (χ0n) is 11.2. The van der Waals surface area contributed by atoms with Gasteiger partial charge in [-0.1, -0.05) is 12.2 Å². The number of fused-ring (bicyclic) bond motifs is 1. The Morgan fingerprint density at radius 3 is 2.37 bits per heavy atom. The van der Waals surface area contributed by atoms with E-state index in [2.05, 4.69) is 5.32 Å². The third-order valence-corrected chi connectivity index (χ3v) is 3.76. The SMILES string of the molecule is CCNC(=O)CCCN1C(=O)[C@@H]2CC=CC[C@H]2C1=O. The Labute approximate surface area is 113 Å². The monoisotopic (exact) mass is 264 g/mol. The van der Waals surface area contributed by atoms with Crippen LogP contribution >= 0.6 is 0 Å². The molecule has 104 valence electrons. The number of amides is 3. The van der Waals surface area contributed by atoms with Gasteiger partial charge >= 0.3 is 0 Å². The minimum Gasteiger partial charge on any atom is -0.356 e. The highest BCUT2D eigenvalue weighted by Gasteiger charge is 2.46. The number of hydrogen-bond donors (Lipinski definition) is 1. The molecule has 5 heteroatoms. The number of allylic oxidation sites excluding steroid dienone is 2. The summed E-state index contributed by atoms with van der Waals surface area (Å²) in [6.07, 6.45) is 6.19. The van der Waals surface area contributed by atoms with Crippen LogP contribution in [0.5, 0.6) is 0 Å². The number of nitrogens with one attached hydrogen (secondary N) is 1. The molecule has 0 aromatic heterocycles. The Morgan fingerprint density at radius 2 is 1.84 bits per heavy atom. The summed E-state index contributed by atoms with van der Waals surface area (Å²) >= 11 is 0. The number of imide groups is 1. The minimum absolute atomic E-state index is 0.0272. The van der Waals surface area contributed by atoms with Crippen molar-refractivity contribution in [1.82, 2.24) is 10.2 Å². The number of nitrogens with zero attached hydrogens (tertiary/aromatic N) is 1. The normalized spacial score (nSPS) is 25.6. The minimum atomic E-state index is -0.165. The molecule has 19 heavy (non-hydrogen) atoms. The maximum absolute atomic E-state index is 12.1. The van der Waals surface area contributed by atoms with Crippen molar-refractivity contribution in [3.05, 3.63) is 12.2 Å². The molecule has 1 saturated heterocycles. The van der Waals surface area contributed by atoms with E-state index in [4.69, 9.17) is 0 Å². The first-order valence-electron chi connectivity index (χ1n) is 6.92. The second-order valence-electron chi connectivity index (χ2n) is 5.04. The fourth-order valence-corrected chi connectivity index (χ4v) is 2.77. The molecule has 0 radical (unpaired) electrons. The highest BCUT2D eigenvalue weighted by Crippen LogP contribution is 2.34. The third kappa shape index (κ3) is 2.85. The molecule has 0 aromatic carbocycles.